The number of rotatable bonds is 7. The highest BCUT2D eigenvalue weighted by Crippen LogP contribution is 2.41. The molecule has 2 rings (SSSR count). The topological polar surface area (TPSA) is 42.2 Å². The summed E-state index contributed by atoms with van der Waals surface area (Å²) >= 11 is 0. The molecule has 0 amide bonds. The summed E-state index contributed by atoms with van der Waals surface area (Å²) in [5.74, 6) is 0.123. The van der Waals surface area contributed by atoms with Crippen molar-refractivity contribution in [3.8, 4) is 0 Å². The maximum absolute atomic E-state index is 13.1. The number of aromatic nitrogens is 1. The molecule has 0 bridgehead atoms. The first-order valence-electron chi connectivity index (χ1n) is 8.66. The smallest absolute Gasteiger partial charge is 0.383 e. The third-order valence-corrected chi connectivity index (χ3v) is 4.68. The lowest BCUT2D eigenvalue weighted by Crippen LogP contribution is -2.20. The predicted molar refractivity (Wildman–Crippen MR) is 95.4 cm³/mol. The fourth-order valence-corrected chi connectivity index (χ4v) is 3.05. The van der Waals surface area contributed by atoms with Crippen molar-refractivity contribution < 1.29 is 13.2 Å². The van der Waals surface area contributed by atoms with Crippen molar-refractivity contribution in [2.45, 2.75) is 58.7 Å². The number of nitrogens with zero attached hydrogens (tertiary/aromatic N) is 2. The van der Waals surface area contributed by atoms with Gasteiger partial charge in [-0.05, 0) is 42.9 Å². The minimum absolute atomic E-state index is 0.392. The molecule has 1 fully saturated rings. The van der Waals surface area contributed by atoms with Crippen molar-refractivity contribution in [2.24, 2.45) is 5.92 Å². The second-order valence-electron chi connectivity index (χ2n) is 6.66. The minimum atomic E-state index is -4.51. The molecule has 0 aliphatic heterocycles. The zero-order chi connectivity index (χ0) is 18.8. The maximum Gasteiger partial charge on any atom is 0.419 e. The second kappa shape index (κ2) is 7.50. The summed E-state index contributed by atoms with van der Waals surface area (Å²) in [6, 6.07) is 1.46. The first-order chi connectivity index (χ1) is 11.7. The normalized spacial score (nSPS) is 20.5. The largest absolute Gasteiger partial charge is 0.419 e. The molecule has 1 aliphatic carbocycles. The van der Waals surface area contributed by atoms with Gasteiger partial charge in [0.15, 0.2) is 0 Å². The van der Waals surface area contributed by atoms with E-state index in [0.29, 0.717) is 17.5 Å². The van der Waals surface area contributed by atoms with Gasteiger partial charge in [0.2, 0.25) is 0 Å². The van der Waals surface area contributed by atoms with Gasteiger partial charge in [0.1, 0.15) is 5.82 Å². The number of halogens is 3. The van der Waals surface area contributed by atoms with Gasteiger partial charge in [-0.2, -0.15) is 13.2 Å². The van der Waals surface area contributed by atoms with Crippen LogP contribution in [0.25, 0.3) is 5.57 Å². The molecule has 25 heavy (non-hydrogen) atoms. The second-order valence-corrected chi connectivity index (χ2v) is 6.66. The first kappa shape index (κ1) is 19.3. The van der Waals surface area contributed by atoms with E-state index in [1.54, 1.807) is 6.92 Å². The highest BCUT2D eigenvalue weighted by molar-refractivity contribution is 5.65. The van der Waals surface area contributed by atoms with E-state index >= 15 is 0 Å². The Morgan fingerprint density at radius 1 is 1.44 bits per heavy atom. The number of anilines is 1. The van der Waals surface area contributed by atoms with Crippen molar-refractivity contribution in [1.82, 2.24) is 9.88 Å². The van der Waals surface area contributed by atoms with E-state index in [0.717, 1.165) is 43.0 Å². The Hall–Kier alpha value is -1.98. The summed E-state index contributed by atoms with van der Waals surface area (Å²) in [6.45, 7) is 10.2. The monoisotopic (exact) mass is 353 g/mol. The third-order valence-electron chi connectivity index (χ3n) is 4.68. The van der Waals surface area contributed by atoms with E-state index in [1.807, 2.05) is 6.20 Å². The fraction of sp³-hybridized carbons (Fsp3) is 0.526. The van der Waals surface area contributed by atoms with Crippen LogP contribution in [0.15, 0.2) is 30.7 Å². The van der Waals surface area contributed by atoms with Crippen LogP contribution >= 0.6 is 0 Å². The first-order valence-corrected chi connectivity index (χ1v) is 8.66. The third kappa shape index (κ3) is 4.55. The summed E-state index contributed by atoms with van der Waals surface area (Å²) in [7, 11) is 0. The van der Waals surface area contributed by atoms with Crippen LogP contribution in [0.4, 0.5) is 19.0 Å². The molecule has 0 saturated heterocycles. The molecule has 1 aromatic rings. The highest BCUT2D eigenvalue weighted by Gasteiger charge is 2.40. The summed E-state index contributed by atoms with van der Waals surface area (Å²) in [5, 5.41) is 0. The van der Waals surface area contributed by atoms with E-state index in [1.165, 1.54) is 6.20 Å². The standard InChI is InChI=1S/C19H26F3N3/c1-5-7-13(4)25(17-9-14(17)6-2)11-12(3)15-8-16(19(20,21)22)18(23)24-10-15/h8,10-11,14,17H,4-7,9H2,1-3H3,(H2,23,24)/b12-11+. The Morgan fingerprint density at radius 2 is 2.12 bits per heavy atom. The van der Waals surface area contributed by atoms with Crippen LogP contribution in [0.1, 0.15) is 57.6 Å². The van der Waals surface area contributed by atoms with Crippen molar-refractivity contribution in [2.75, 3.05) is 5.73 Å². The van der Waals surface area contributed by atoms with Gasteiger partial charge in [-0.25, -0.2) is 4.98 Å². The lowest BCUT2D eigenvalue weighted by Gasteiger charge is -2.24. The van der Waals surface area contributed by atoms with Gasteiger partial charge in [-0.3, -0.25) is 0 Å². The average molecular weight is 353 g/mol. The van der Waals surface area contributed by atoms with Crippen LogP contribution < -0.4 is 5.73 Å². The van der Waals surface area contributed by atoms with Crippen molar-refractivity contribution in [3.05, 3.63) is 41.9 Å². The van der Waals surface area contributed by atoms with Gasteiger partial charge in [-0.15, -0.1) is 0 Å². The van der Waals surface area contributed by atoms with Crippen LogP contribution in [0.5, 0.6) is 0 Å². The Bertz CT molecular complexity index is 664. The van der Waals surface area contributed by atoms with Gasteiger partial charge in [0.05, 0.1) is 5.56 Å². The average Bonchev–Trinajstić information content (AvgIpc) is 3.31. The summed E-state index contributed by atoms with van der Waals surface area (Å²) in [4.78, 5) is 5.86. The Labute approximate surface area is 147 Å². The van der Waals surface area contributed by atoms with Gasteiger partial charge >= 0.3 is 6.18 Å². The Kier molecular flexibility index (Phi) is 5.80. The van der Waals surface area contributed by atoms with E-state index in [-0.39, 0.29) is 0 Å². The molecular weight excluding hydrogens is 327 g/mol. The molecule has 0 aromatic carbocycles. The molecule has 2 atom stereocenters. The van der Waals surface area contributed by atoms with Crippen molar-refractivity contribution in [3.63, 3.8) is 0 Å². The lowest BCUT2D eigenvalue weighted by molar-refractivity contribution is -0.137. The van der Waals surface area contributed by atoms with E-state index in [4.69, 9.17) is 5.73 Å². The van der Waals surface area contributed by atoms with Gasteiger partial charge in [0, 0.05) is 24.1 Å². The molecular formula is C19H26F3N3. The zero-order valence-electron chi connectivity index (χ0n) is 15.0. The molecule has 0 spiro atoms. The van der Waals surface area contributed by atoms with Crippen molar-refractivity contribution in [1.29, 1.82) is 0 Å². The molecule has 1 saturated carbocycles. The number of nitrogens with two attached hydrogens (primary N) is 1. The lowest BCUT2D eigenvalue weighted by atomic mass is 10.1. The zero-order valence-corrected chi connectivity index (χ0v) is 15.0. The Morgan fingerprint density at radius 3 is 2.64 bits per heavy atom. The molecule has 1 aromatic heterocycles. The molecule has 2 unspecified atom stereocenters. The fourth-order valence-electron chi connectivity index (χ4n) is 3.05. The Balaban J connectivity index is 2.32. The number of allylic oxidation sites excluding steroid dienone is 2. The SMILES string of the molecule is C=C(CCC)N(/C=C(\C)c1cnc(N)c(C(F)(F)F)c1)C1CC1CC. The van der Waals surface area contributed by atoms with Crippen LogP contribution in [0.2, 0.25) is 0 Å². The van der Waals surface area contributed by atoms with Crippen molar-refractivity contribution >= 4 is 11.4 Å². The molecule has 3 nitrogen and oxygen atoms in total. The molecule has 1 heterocycles. The maximum atomic E-state index is 13.1. The van der Waals surface area contributed by atoms with E-state index in [9.17, 15) is 13.2 Å². The van der Waals surface area contributed by atoms with Crippen LogP contribution in [0.3, 0.4) is 0 Å². The van der Waals surface area contributed by atoms with E-state index < -0.39 is 17.6 Å². The summed E-state index contributed by atoms with van der Waals surface area (Å²) in [5.41, 5.74) is 6.63. The summed E-state index contributed by atoms with van der Waals surface area (Å²) in [6.07, 6.45) is 2.82. The quantitative estimate of drug-likeness (QED) is 0.708. The van der Waals surface area contributed by atoms with Gasteiger partial charge < -0.3 is 10.6 Å². The van der Waals surface area contributed by atoms with E-state index in [2.05, 4.69) is 30.3 Å². The predicted octanol–water partition coefficient (Wildman–Crippen LogP) is 5.46. The van der Waals surface area contributed by atoms with Gasteiger partial charge in [-0.1, -0.05) is 33.3 Å². The summed E-state index contributed by atoms with van der Waals surface area (Å²) < 4.78 is 39.2. The molecule has 0 radical (unpaired) electrons. The highest BCUT2D eigenvalue weighted by atomic mass is 19.4. The molecule has 2 N–H and O–H groups in total. The minimum Gasteiger partial charge on any atom is -0.383 e. The number of alkyl halides is 3. The number of pyridine rings is 1. The van der Waals surface area contributed by atoms with Crippen LogP contribution in [-0.4, -0.2) is 15.9 Å². The molecule has 1 aliphatic rings. The molecule has 138 valence electrons. The number of hydrogen-bond donors (Lipinski definition) is 1. The number of hydrogen-bond acceptors (Lipinski definition) is 3. The van der Waals surface area contributed by atoms with Gasteiger partial charge in [0.25, 0.3) is 0 Å². The van der Waals surface area contributed by atoms with Crippen LogP contribution in [-0.2, 0) is 6.18 Å². The number of nitrogen functional groups attached to an aromatic ring is 1. The molecule has 6 heteroatoms. The van der Waals surface area contributed by atoms with Crippen LogP contribution in [0, 0.1) is 5.92 Å².